The minimum atomic E-state index is 0.500. The van der Waals surface area contributed by atoms with Crippen LogP contribution in [0.2, 0.25) is 0 Å². The smallest absolute Gasteiger partial charge is 0.182 e. The quantitative estimate of drug-likeness (QED) is 0.275. The Labute approximate surface area is 209 Å². The highest BCUT2D eigenvalue weighted by atomic mass is 15.1. The van der Waals surface area contributed by atoms with Crippen LogP contribution >= 0.6 is 0 Å². The summed E-state index contributed by atoms with van der Waals surface area (Å²) in [4.78, 5) is 24.3. The maximum atomic E-state index is 4.91. The second-order valence-electron chi connectivity index (χ2n) is 8.23. The Kier molecular flexibility index (Phi) is 5.78. The minimum absolute atomic E-state index is 0.500. The third-order valence-corrected chi connectivity index (χ3v) is 5.76. The third kappa shape index (κ3) is 4.50. The van der Waals surface area contributed by atoms with E-state index in [0.717, 1.165) is 27.9 Å². The van der Waals surface area contributed by atoms with E-state index in [2.05, 4.69) is 0 Å². The molecule has 0 amide bonds. The molecule has 0 aliphatic carbocycles. The average Bonchev–Trinajstić information content (AvgIpc) is 2.98. The Morgan fingerprint density at radius 3 is 1.06 bits per heavy atom. The topological polar surface area (TPSA) is 64.5 Å². The molecule has 36 heavy (non-hydrogen) atoms. The summed E-state index contributed by atoms with van der Waals surface area (Å²) in [5.41, 5.74) is 5.20. The van der Waals surface area contributed by atoms with E-state index in [9.17, 15) is 0 Å². The summed E-state index contributed by atoms with van der Waals surface area (Å²) in [5.74, 6) is 2.32. The van der Waals surface area contributed by atoms with Gasteiger partial charge in [0.1, 0.15) is 5.69 Å². The molecule has 0 saturated heterocycles. The summed E-state index contributed by atoms with van der Waals surface area (Å²) in [6.07, 6.45) is 0. The van der Waals surface area contributed by atoms with Gasteiger partial charge in [-0.05, 0) is 6.07 Å². The van der Waals surface area contributed by atoms with E-state index in [4.69, 9.17) is 24.9 Å². The molecule has 0 spiro atoms. The second kappa shape index (κ2) is 9.68. The maximum absolute atomic E-state index is 4.91. The second-order valence-corrected chi connectivity index (χ2v) is 8.23. The van der Waals surface area contributed by atoms with Crippen LogP contribution in [0, 0.1) is 0 Å². The minimum Gasteiger partial charge on any atom is -0.228 e. The molecule has 6 aromatic rings. The van der Waals surface area contributed by atoms with Crippen molar-refractivity contribution in [2.45, 2.75) is 0 Å². The van der Waals surface area contributed by atoms with Crippen molar-refractivity contribution >= 4 is 0 Å². The van der Waals surface area contributed by atoms with Crippen molar-refractivity contribution in [2.24, 2.45) is 0 Å². The summed E-state index contributed by atoms with van der Waals surface area (Å²) in [5, 5.41) is 0. The lowest BCUT2D eigenvalue weighted by Gasteiger charge is -2.11. The van der Waals surface area contributed by atoms with Gasteiger partial charge in [-0.2, -0.15) is 0 Å². The fourth-order valence-electron chi connectivity index (χ4n) is 3.96. The van der Waals surface area contributed by atoms with Crippen molar-refractivity contribution in [1.82, 2.24) is 24.9 Å². The van der Waals surface area contributed by atoms with Gasteiger partial charge in [-0.25, -0.2) is 24.9 Å². The van der Waals surface area contributed by atoms with E-state index in [1.807, 2.05) is 127 Å². The van der Waals surface area contributed by atoms with Crippen LogP contribution in [0.25, 0.3) is 56.9 Å². The van der Waals surface area contributed by atoms with Gasteiger partial charge in [-0.1, -0.05) is 121 Å². The van der Waals surface area contributed by atoms with E-state index in [0.29, 0.717) is 29.0 Å². The average molecular weight is 464 g/mol. The number of aromatic nitrogens is 5. The maximum Gasteiger partial charge on any atom is 0.182 e. The Hall–Kier alpha value is -5.03. The monoisotopic (exact) mass is 463 g/mol. The number of rotatable bonds is 5. The van der Waals surface area contributed by atoms with Crippen LogP contribution in [0.1, 0.15) is 0 Å². The number of hydrogen-bond acceptors (Lipinski definition) is 5. The lowest BCUT2D eigenvalue weighted by atomic mass is 10.1. The Bertz CT molecular complexity index is 1360. The molecule has 0 atom stereocenters. The molecule has 0 saturated carbocycles. The van der Waals surface area contributed by atoms with E-state index in [1.165, 1.54) is 0 Å². The molecular formula is C31H21N5. The predicted molar refractivity (Wildman–Crippen MR) is 143 cm³/mol. The SMILES string of the molecule is c1ccc(-c2cc(-c3nc(-c4ccccc4)nc(-c4ccccc4)n3)nc(-c3ccccc3)n2)cc1. The van der Waals surface area contributed by atoms with E-state index >= 15 is 0 Å². The van der Waals surface area contributed by atoms with Crippen molar-refractivity contribution in [3.8, 4) is 56.9 Å². The van der Waals surface area contributed by atoms with Crippen LogP contribution < -0.4 is 0 Å². The zero-order valence-electron chi connectivity index (χ0n) is 19.4. The summed E-state index contributed by atoms with van der Waals surface area (Å²) < 4.78 is 0. The highest BCUT2D eigenvalue weighted by molar-refractivity contribution is 5.71. The van der Waals surface area contributed by atoms with Crippen molar-refractivity contribution in [1.29, 1.82) is 0 Å². The molecule has 0 N–H and O–H groups in total. The van der Waals surface area contributed by atoms with Gasteiger partial charge in [0.2, 0.25) is 0 Å². The summed E-state index contributed by atoms with van der Waals surface area (Å²) in [6, 6.07) is 41.9. The van der Waals surface area contributed by atoms with Crippen LogP contribution in [0.4, 0.5) is 0 Å². The Balaban J connectivity index is 1.58. The van der Waals surface area contributed by atoms with E-state index in [1.54, 1.807) is 0 Å². The molecule has 2 heterocycles. The van der Waals surface area contributed by atoms with Gasteiger partial charge >= 0.3 is 0 Å². The molecule has 5 heteroatoms. The normalized spacial score (nSPS) is 10.8. The number of hydrogen-bond donors (Lipinski definition) is 0. The Morgan fingerprint density at radius 2 is 0.611 bits per heavy atom. The number of nitrogens with zero attached hydrogens (tertiary/aromatic N) is 5. The molecule has 5 nitrogen and oxygen atoms in total. The summed E-state index contributed by atoms with van der Waals surface area (Å²) in [7, 11) is 0. The molecule has 0 fully saturated rings. The highest BCUT2D eigenvalue weighted by Gasteiger charge is 2.16. The molecule has 4 aromatic carbocycles. The van der Waals surface area contributed by atoms with Crippen molar-refractivity contribution < 1.29 is 0 Å². The van der Waals surface area contributed by atoms with Gasteiger partial charge in [-0.3, -0.25) is 0 Å². The zero-order chi connectivity index (χ0) is 24.2. The van der Waals surface area contributed by atoms with Crippen molar-refractivity contribution in [3.05, 3.63) is 127 Å². The molecule has 0 aliphatic rings. The van der Waals surface area contributed by atoms with Crippen molar-refractivity contribution in [2.75, 3.05) is 0 Å². The standard InChI is InChI=1S/C31H21N5/c1-5-13-22(14-6-1)26-21-27(33-28(32-26)23-15-7-2-8-16-23)31-35-29(24-17-9-3-10-18-24)34-30(36-31)25-19-11-4-12-20-25/h1-21H. The summed E-state index contributed by atoms with van der Waals surface area (Å²) >= 11 is 0. The molecule has 170 valence electrons. The Morgan fingerprint density at radius 1 is 0.278 bits per heavy atom. The molecule has 2 aromatic heterocycles. The van der Waals surface area contributed by atoms with Gasteiger partial charge < -0.3 is 0 Å². The van der Waals surface area contributed by atoms with Gasteiger partial charge in [-0.15, -0.1) is 0 Å². The van der Waals surface area contributed by atoms with Gasteiger partial charge in [0.15, 0.2) is 23.3 Å². The fourth-order valence-corrected chi connectivity index (χ4v) is 3.96. The van der Waals surface area contributed by atoms with Crippen LogP contribution in [-0.4, -0.2) is 24.9 Å². The first-order chi connectivity index (χ1) is 17.8. The highest BCUT2D eigenvalue weighted by Crippen LogP contribution is 2.28. The first-order valence-corrected chi connectivity index (χ1v) is 11.7. The lowest BCUT2D eigenvalue weighted by molar-refractivity contribution is 1.05. The number of benzene rings is 4. The fraction of sp³-hybridized carbons (Fsp3) is 0. The molecular weight excluding hydrogens is 442 g/mol. The predicted octanol–water partition coefficient (Wildman–Crippen LogP) is 7.00. The summed E-state index contributed by atoms with van der Waals surface area (Å²) in [6.45, 7) is 0. The first kappa shape index (κ1) is 21.5. The van der Waals surface area contributed by atoms with E-state index in [-0.39, 0.29) is 0 Å². The van der Waals surface area contributed by atoms with Gasteiger partial charge in [0, 0.05) is 22.3 Å². The molecule has 6 rings (SSSR count). The third-order valence-electron chi connectivity index (χ3n) is 5.76. The van der Waals surface area contributed by atoms with Crippen LogP contribution in [0.5, 0.6) is 0 Å². The van der Waals surface area contributed by atoms with Crippen LogP contribution in [-0.2, 0) is 0 Å². The van der Waals surface area contributed by atoms with Gasteiger partial charge in [0.25, 0.3) is 0 Å². The van der Waals surface area contributed by atoms with Crippen molar-refractivity contribution in [3.63, 3.8) is 0 Å². The van der Waals surface area contributed by atoms with Crippen LogP contribution in [0.15, 0.2) is 127 Å². The first-order valence-electron chi connectivity index (χ1n) is 11.7. The molecule has 0 bridgehead atoms. The lowest BCUT2D eigenvalue weighted by Crippen LogP contribution is -2.03. The largest absolute Gasteiger partial charge is 0.228 e. The zero-order valence-corrected chi connectivity index (χ0v) is 19.4. The molecule has 0 aliphatic heterocycles. The molecule has 0 radical (unpaired) electrons. The molecule has 0 unspecified atom stereocenters. The van der Waals surface area contributed by atoms with E-state index < -0.39 is 0 Å². The van der Waals surface area contributed by atoms with Gasteiger partial charge in [0.05, 0.1) is 5.69 Å². The van der Waals surface area contributed by atoms with Crippen LogP contribution in [0.3, 0.4) is 0 Å².